The predicted molar refractivity (Wildman–Crippen MR) is 69.1 cm³/mol. The summed E-state index contributed by atoms with van der Waals surface area (Å²) < 4.78 is 1.11. The molecule has 0 N–H and O–H groups in total. The molecule has 0 saturated heterocycles. The van der Waals surface area contributed by atoms with Crippen molar-refractivity contribution in [2.24, 2.45) is 0 Å². The van der Waals surface area contributed by atoms with E-state index in [0.29, 0.717) is 5.03 Å². The largest absolute Gasteiger partial charge is 0.259 e. The Hall–Kier alpha value is -0.880. The number of benzene rings is 1. The molecule has 0 atom stereocenters. The molecule has 0 unspecified atom stereocenters. The van der Waals surface area contributed by atoms with Gasteiger partial charge in [-0.2, -0.15) is 0 Å². The highest BCUT2D eigenvalue weighted by atomic mass is 127. The minimum atomic E-state index is -0.533. The summed E-state index contributed by atoms with van der Waals surface area (Å²) in [6.45, 7) is 0. The highest BCUT2D eigenvalue weighted by molar-refractivity contribution is 14.1. The van der Waals surface area contributed by atoms with E-state index >= 15 is 0 Å². The highest BCUT2D eigenvalue weighted by Crippen LogP contribution is 2.19. The SMILES string of the molecule is O=[N+]([O-])C=CC=C(Cl)c1ccc(I)cc1. The molecule has 0 fully saturated rings. The van der Waals surface area contributed by atoms with E-state index in [1.807, 2.05) is 24.3 Å². The van der Waals surface area contributed by atoms with E-state index < -0.39 is 4.92 Å². The lowest BCUT2D eigenvalue weighted by molar-refractivity contribution is -0.402. The van der Waals surface area contributed by atoms with Crippen molar-refractivity contribution in [1.82, 2.24) is 0 Å². The van der Waals surface area contributed by atoms with E-state index in [1.165, 1.54) is 12.2 Å². The molecule has 0 aliphatic heterocycles. The smallest absolute Gasteiger partial charge is 0.234 e. The average molecular weight is 336 g/mol. The van der Waals surface area contributed by atoms with Crippen molar-refractivity contribution in [1.29, 1.82) is 0 Å². The monoisotopic (exact) mass is 335 g/mol. The number of hydrogen-bond donors (Lipinski definition) is 0. The van der Waals surface area contributed by atoms with Gasteiger partial charge in [0.2, 0.25) is 6.20 Å². The number of nitrogens with zero attached hydrogens (tertiary/aromatic N) is 1. The van der Waals surface area contributed by atoms with E-state index in [0.717, 1.165) is 15.3 Å². The summed E-state index contributed by atoms with van der Waals surface area (Å²) >= 11 is 8.12. The molecule has 0 bridgehead atoms. The van der Waals surface area contributed by atoms with Crippen molar-refractivity contribution in [2.75, 3.05) is 0 Å². The first-order valence-corrected chi connectivity index (χ1v) is 5.48. The van der Waals surface area contributed by atoms with E-state index in [1.54, 1.807) is 0 Å². The van der Waals surface area contributed by atoms with Crippen molar-refractivity contribution in [3.8, 4) is 0 Å². The van der Waals surface area contributed by atoms with Gasteiger partial charge in [-0.05, 0) is 46.4 Å². The molecule has 78 valence electrons. The van der Waals surface area contributed by atoms with Crippen LogP contribution in [0.15, 0.2) is 42.6 Å². The fourth-order valence-electron chi connectivity index (χ4n) is 0.903. The Balaban J connectivity index is 2.80. The third-order valence-corrected chi connectivity index (χ3v) is 2.63. The maximum Gasteiger partial charge on any atom is 0.234 e. The number of hydrogen-bond acceptors (Lipinski definition) is 2. The van der Waals surface area contributed by atoms with Crippen LogP contribution in [0, 0.1) is 13.7 Å². The second-order valence-corrected chi connectivity index (χ2v) is 4.30. The van der Waals surface area contributed by atoms with Gasteiger partial charge in [0.25, 0.3) is 0 Å². The fraction of sp³-hybridized carbons (Fsp3) is 0. The van der Waals surface area contributed by atoms with Crippen molar-refractivity contribution >= 4 is 39.2 Å². The molecule has 1 aromatic rings. The lowest BCUT2D eigenvalue weighted by Crippen LogP contribution is -1.81. The molecule has 0 saturated carbocycles. The zero-order valence-corrected chi connectivity index (χ0v) is 10.5. The molecule has 15 heavy (non-hydrogen) atoms. The summed E-state index contributed by atoms with van der Waals surface area (Å²) in [6, 6.07) is 7.56. The molecule has 0 radical (unpaired) electrons. The van der Waals surface area contributed by atoms with Crippen LogP contribution in [0.3, 0.4) is 0 Å². The van der Waals surface area contributed by atoms with Crippen molar-refractivity contribution in [2.45, 2.75) is 0 Å². The lowest BCUT2D eigenvalue weighted by atomic mass is 10.2. The van der Waals surface area contributed by atoms with Crippen LogP contribution in [-0.4, -0.2) is 4.92 Å². The van der Waals surface area contributed by atoms with Gasteiger partial charge in [0.05, 0.1) is 4.92 Å². The first-order valence-electron chi connectivity index (χ1n) is 4.03. The summed E-state index contributed by atoms with van der Waals surface area (Å²) in [5, 5.41) is 10.5. The van der Waals surface area contributed by atoms with Gasteiger partial charge in [-0.15, -0.1) is 0 Å². The molecule has 0 heterocycles. The molecule has 0 amide bonds. The standard InChI is InChI=1S/C10H7ClINO2/c11-10(2-1-7-13(14)15)8-3-5-9(12)6-4-8/h1-7H. The van der Waals surface area contributed by atoms with Gasteiger partial charge >= 0.3 is 0 Å². The van der Waals surface area contributed by atoms with Gasteiger partial charge in [0.15, 0.2) is 0 Å². The van der Waals surface area contributed by atoms with Gasteiger partial charge in [-0.1, -0.05) is 23.7 Å². The Morgan fingerprint density at radius 1 is 1.40 bits per heavy atom. The van der Waals surface area contributed by atoms with Crippen LogP contribution in [0.2, 0.25) is 0 Å². The number of nitro groups is 1. The molecule has 0 aliphatic carbocycles. The average Bonchev–Trinajstić information content (AvgIpc) is 2.18. The molecular weight excluding hydrogens is 328 g/mol. The Morgan fingerprint density at radius 2 is 2.00 bits per heavy atom. The van der Waals surface area contributed by atoms with E-state index in [-0.39, 0.29) is 0 Å². The maximum absolute atomic E-state index is 10.0. The topological polar surface area (TPSA) is 43.1 Å². The van der Waals surface area contributed by atoms with Gasteiger partial charge < -0.3 is 0 Å². The quantitative estimate of drug-likeness (QED) is 0.366. The molecule has 1 aromatic carbocycles. The number of rotatable bonds is 3. The van der Waals surface area contributed by atoms with Crippen LogP contribution in [0.25, 0.3) is 5.03 Å². The second-order valence-electron chi connectivity index (χ2n) is 2.65. The van der Waals surface area contributed by atoms with Gasteiger partial charge in [0, 0.05) is 14.7 Å². The summed E-state index contributed by atoms with van der Waals surface area (Å²) in [5.74, 6) is 0. The second kappa shape index (κ2) is 5.87. The van der Waals surface area contributed by atoms with Crippen LogP contribution < -0.4 is 0 Å². The van der Waals surface area contributed by atoms with Crippen LogP contribution in [0.4, 0.5) is 0 Å². The zero-order valence-electron chi connectivity index (χ0n) is 7.56. The highest BCUT2D eigenvalue weighted by Gasteiger charge is 1.96. The van der Waals surface area contributed by atoms with Gasteiger partial charge in [-0.25, -0.2) is 0 Å². The Kier molecular flexibility index (Phi) is 4.77. The zero-order chi connectivity index (χ0) is 11.3. The molecule has 5 heteroatoms. The predicted octanol–water partition coefficient (Wildman–Crippen LogP) is 3.66. The molecule has 0 spiro atoms. The van der Waals surface area contributed by atoms with Crippen LogP contribution in [-0.2, 0) is 0 Å². The summed E-state index contributed by atoms with van der Waals surface area (Å²) in [4.78, 5) is 9.47. The minimum absolute atomic E-state index is 0.476. The normalized spacial score (nSPS) is 12.0. The van der Waals surface area contributed by atoms with E-state index in [2.05, 4.69) is 22.6 Å². The first-order chi connectivity index (χ1) is 7.09. The first kappa shape index (κ1) is 12.2. The molecule has 1 rings (SSSR count). The van der Waals surface area contributed by atoms with Gasteiger partial charge in [-0.3, -0.25) is 10.1 Å². The van der Waals surface area contributed by atoms with E-state index in [9.17, 15) is 10.1 Å². The Bertz CT molecular complexity index is 412. The lowest BCUT2D eigenvalue weighted by Gasteiger charge is -1.97. The molecule has 3 nitrogen and oxygen atoms in total. The Morgan fingerprint density at radius 3 is 2.53 bits per heavy atom. The summed E-state index contributed by atoms with van der Waals surface area (Å²) in [7, 11) is 0. The molecular formula is C10H7ClINO2. The third-order valence-electron chi connectivity index (χ3n) is 1.57. The third kappa shape index (κ3) is 4.44. The van der Waals surface area contributed by atoms with E-state index in [4.69, 9.17) is 11.6 Å². The fourth-order valence-corrected chi connectivity index (χ4v) is 1.46. The summed E-state index contributed by atoms with van der Waals surface area (Å²) in [5.41, 5.74) is 0.838. The molecule has 0 aliphatic rings. The van der Waals surface area contributed by atoms with Crippen molar-refractivity contribution in [3.63, 3.8) is 0 Å². The maximum atomic E-state index is 10.0. The van der Waals surface area contributed by atoms with Crippen molar-refractivity contribution < 1.29 is 4.92 Å². The molecule has 0 aromatic heterocycles. The van der Waals surface area contributed by atoms with Crippen molar-refractivity contribution in [3.05, 3.63) is 61.9 Å². The Labute approximate surface area is 106 Å². The van der Waals surface area contributed by atoms with Crippen LogP contribution in [0.1, 0.15) is 5.56 Å². The van der Waals surface area contributed by atoms with Crippen LogP contribution in [0.5, 0.6) is 0 Å². The van der Waals surface area contributed by atoms with Gasteiger partial charge in [0.1, 0.15) is 0 Å². The number of allylic oxidation sites excluding steroid dienone is 2. The van der Waals surface area contributed by atoms with Crippen LogP contribution >= 0.6 is 34.2 Å². The summed E-state index contributed by atoms with van der Waals surface area (Å²) in [6.07, 6.45) is 3.64. The minimum Gasteiger partial charge on any atom is -0.259 e. The number of halogens is 2.